The van der Waals surface area contributed by atoms with Crippen molar-refractivity contribution in [1.29, 1.82) is 0 Å². The van der Waals surface area contributed by atoms with E-state index in [1.165, 1.54) is 0 Å². The van der Waals surface area contributed by atoms with Crippen molar-refractivity contribution in [2.45, 2.75) is 25.5 Å². The molecule has 2 aliphatic heterocycles. The van der Waals surface area contributed by atoms with Crippen molar-refractivity contribution < 1.29 is 14.2 Å². The van der Waals surface area contributed by atoms with Gasteiger partial charge in [-0.05, 0) is 25.5 Å². The van der Waals surface area contributed by atoms with Crippen LogP contribution in [-0.2, 0) is 4.74 Å². The Morgan fingerprint density at radius 2 is 2.26 bits per heavy atom. The number of morpholine rings is 1. The van der Waals surface area contributed by atoms with Gasteiger partial charge in [0.25, 0.3) is 0 Å². The van der Waals surface area contributed by atoms with Gasteiger partial charge in [-0.1, -0.05) is 0 Å². The highest BCUT2D eigenvalue weighted by Gasteiger charge is 2.31. The van der Waals surface area contributed by atoms with E-state index in [0.717, 1.165) is 43.2 Å². The zero-order chi connectivity index (χ0) is 12.4. The van der Waals surface area contributed by atoms with Crippen LogP contribution in [0, 0.1) is 0 Å². The van der Waals surface area contributed by atoms with Gasteiger partial charge in [0, 0.05) is 24.2 Å². The number of ether oxygens (including phenoxy) is 3. The lowest BCUT2D eigenvalue weighted by atomic mass is 9.98. The molecule has 106 valence electrons. The summed E-state index contributed by atoms with van der Waals surface area (Å²) in [5.74, 6) is 1.76. The second-order valence-corrected chi connectivity index (χ2v) is 4.62. The summed E-state index contributed by atoms with van der Waals surface area (Å²) in [5, 5.41) is 3.51. The van der Waals surface area contributed by atoms with Gasteiger partial charge in [0.05, 0.1) is 19.8 Å². The molecule has 4 nitrogen and oxygen atoms in total. The van der Waals surface area contributed by atoms with Crippen molar-refractivity contribution in [2.75, 3.05) is 26.4 Å². The minimum Gasteiger partial charge on any atom is -0.494 e. The Labute approximate surface area is 119 Å². The first-order chi connectivity index (χ1) is 8.88. The van der Waals surface area contributed by atoms with Crippen LogP contribution in [0.3, 0.4) is 0 Å². The van der Waals surface area contributed by atoms with Gasteiger partial charge in [0.1, 0.15) is 17.6 Å². The molecular weight excluding hydrogens is 266 g/mol. The first-order valence-electron chi connectivity index (χ1n) is 6.63. The maximum Gasteiger partial charge on any atom is 0.128 e. The largest absolute Gasteiger partial charge is 0.494 e. The summed E-state index contributed by atoms with van der Waals surface area (Å²) in [5.41, 5.74) is 1.13. The third-order valence-electron chi connectivity index (χ3n) is 3.46. The number of fused-ring (bicyclic) bond motifs is 3. The lowest BCUT2D eigenvalue weighted by Gasteiger charge is -2.31. The number of nitrogens with one attached hydrogen (secondary N) is 1. The summed E-state index contributed by atoms with van der Waals surface area (Å²) >= 11 is 0. The molecule has 1 aromatic rings. The third-order valence-corrected chi connectivity index (χ3v) is 3.46. The molecule has 5 heteroatoms. The van der Waals surface area contributed by atoms with E-state index in [0.29, 0.717) is 12.6 Å². The maximum atomic E-state index is 5.90. The average Bonchev–Trinajstić information content (AvgIpc) is 2.58. The highest BCUT2D eigenvalue weighted by Crippen LogP contribution is 2.37. The van der Waals surface area contributed by atoms with Gasteiger partial charge in [-0.25, -0.2) is 0 Å². The molecule has 2 heterocycles. The summed E-state index contributed by atoms with van der Waals surface area (Å²) in [6, 6.07) is 6.39. The lowest BCUT2D eigenvalue weighted by molar-refractivity contribution is -0.00585. The van der Waals surface area contributed by atoms with Crippen molar-refractivity contribution in [3.8, 4) is 11.5 Å². The molecule has 2 atom stereocenters. The summed E-state index contributed by atoms with van der Waals surface area (Å²) in [7, 11) is 0. The second-order valence-electron chi connectivity index (χ2n) is 4.62. The Balaban J connectivity index is 0.00000133. The Morgan fingerprint density at radius 1 is 1.37 bits per heavy atom. The van der Waals surface area contributed by atoms with E-state index in [-0.39, 0.29) is 18.5 Å². The Morgan fingerprint density at radius 3 is 3.11 bits per heavy atom. The number of benzene rings is 1. The Kier molecular flexibility index (Phi) is 4.91. The van der Waals surface area contributed by atoms with Crippen LogP contribution in [0.25, 0.3) is 0 Å². The first kappa shape index (κ1) is 14.4. The molecule has 1 saturated heterocycles. The average molecular weight is 286 g/mol. The second kappa shape index (κ2) is 6.46. The fraction of sp³-hybridized carbons (Fsp3) is 0.571. The monoisotopic (exact) mass is 285 g/mol. The van der Waals surface area contributed by atoms with E-state index in [1.807, 2.05) is 19.1 Å². The zero-order valence-electron chi connectivity index (χ0n) is 11.1. The first-order valence-corrected chi connectivity index (χ1v) is 6.63. The molecule has 0 aliphatic carbocycles. The van der Waals surface area contributed by atoms with Gasteiger partial charge in [-0.2, -0.15) is 0 Å². The van der Waals surface area contributed by atoms with Crippen LogP contribution >= 0.6 is 12.4 Å². The van der Waals surface area contributed by atoms with Crippen LogP contribution in [-0.4, -0.2) is 32.4 Å². The molecule has 0 radical (unpaired) electrons. The highest BCUT2D eigenvalue weighted by molar-refractivity contribution is 5.85. The standard InChI is InChI=1S/C14H19NO3.ClH/c1-2-16-10-3-4-11-13(9-10)17-7-5-12-14(11)18-8-6-15-12;/h3-4,9,12,14-15H,2,5-8H2,1H3;1H/t12-,14-;/m0./s1. The Hall–Kier alpha value is -0.970. The lowest BCUT2D eigenvalue weighted by Crippen LogP contribution is -2.43. The molecule has 0 aromatic heterocycles. The van der Waals surface area contributed by atoms with Crippen molar-refractivity contribution in [1.82, 2.24) is 5.32 Å². The molecule has 1 fully saturated rings. The van der Waals surface area contributed by atoms with Gasteiger partial charge in [-0.15, -0.1) is 12.4 Å². The summed E-state index contributed by atoms with van der Waals surface area (Å²) in [4.78, 5) is 0. The van der Waals surface area contributed by atoms with Gasteiger partial charge >= 0.3 is 0 Å². The molecule has 2 aliphatic rings. The van der Waals surface area contributed by atoms with E-state index in [4.69, 9.17) is 14.2 Å². The topological polar surface area (TPSA) is 39.7 Å². The molecular formula is C14H20ClNO3. The van der Waals surface area contributed by atoms with Crippen LogP contribution in [0.5, 0.6) is 11.5 Å². The molecule has 1 aromatic carbocycles. The van der Waals surface area contributed by atoms with Crippen LogP contribution in [0.2, 0.25) is 0 Å². The molecule has 0 saturated carbocycles. The molecule has 0 amide bonds. The van der Waals surface area contributed by atoms with Gasteiger partial charge in [-0.3, -0.25) is 0 Å². The van der Waals surface area contributed by atoms with Gasteiger partial charge < -0.3 is 19.5 Å². The molecule has 3 rings (SSSR count). The minimum atomic E-state index is 0. The number of rotatable bonds is 2. The predicted molar refractivity (Wildman–Crippen MR) is 75.5 cm³/mol. The maximum absolute atomic E-state index is 5.90. The number of halogens is 1. The van der Waals surface area contributed by atoms with Crippen LogP contribution < -0.4 is 14.8 Å². The minimum absolute atomic E-state index is 0. The van der Waals surface area contributed by atoms with Crippen molar-refractivity contribution in [2.24, 2.45) is 0 Å². The van der Waals surface area contributed by atoms with E-state index in [1.54, 1.807) is 0 Å². The molecule has 19 heavy (non-hydrogen) atoms. The van der Waals surface area contributed by atoms with E-state index in [9.17, 15) is 0 Å². The summed E-state index contributed by atoms with van der Waals surface area (Å²) < 4.78 is 17.2. The van der Waals surface area contributed by atoms with Crippen LogP contribution in [0.1, 0.15) is 25.0 Å². The normalized spacial score (nSPS) is 25.1. The fourth-order valence-electron chi connectivity index (χ4n) is 2.64. The Bertz CT molecular complexity index is 427. The highest BCUT2D eigenvalue weighted by atomic mass is 35.5. The summed E-state index contributed by atoms with van der Waals surface area (Å²) in [6.07, 6.45) is 1.08. The van der Waals surface area contributed by atoms with Gasteiger partial charge in [0.2, 0.25) is 0 Å². The van der Waals surface area contributed by atoms with Crippen molar-refractivity contribution >= 4 is 12.4 Å². The molecule has 0 bridgehead atoms. The zero-order valence-corrected chi connectivity index (χ0v) is 11.9. The third kappa shape index (κ3) is 2.96. The van der Waals surface area contributed by atoms with Crippen LogP contribution in [0.15, 0.2) is 18.2 Å². The van der Waals surface area contributed by atoms with Crippen molar-refractivity contribution in [3.05, 3.63) is 23.8 Å². The van der Waals surface area contributed by atoms with E-state index in [2.05, 4.69) is 11.4 Å². The molecule has 1 N–H and O–H groups in total. The predicted octanol–water partition coefficient (Wildman–Crippen LogP) is 2.32. The number of hydrogen-bond donors (Lipinski definition) is 1. The molecule has 0 spiro atoms. The van der Waals surface area contributed by atoms with Crippen molar-refractivity contribution in [3.63, 3.8) is 0 Å². The van der Waals surface area contributed by atoms with E-state index < -0.39 is 0 Å². The quantitative estimate of drug-likeness (QED) is 0.905. The number of hydrogen-bond acceptors (Lipinski definition) is 4. The molecule has 0 unspecified atom stereocenters. The summed E-state index contributed by atoms with van der Waals surface area (Å²) in [6.45, 7) is 5.06. The smallest absolute Gasteiger partial charge is 0.128 e. The fourth-order valence-corrected chi connectivity index (χ4v) is 2.64. The SMILES string of the molecule is CCOc1ccc2c(c1)OCC[C@@H]1NCCO[C@@H]21.Cl. The van der Waals surface area contributed by atoms with Crippen LogP contribution in [0.4, 0.5) is 0 Å². The van der Waals surface area contributed by atoms with Gasteiger partial charge in [0.15, 0.2) is 0 Å². The van der Waals surface area contributed by atoms with E-state index >= 15 is 0 Å².